The Morgan fingerprint density at radius 2 is 2.38 bits per heavy atom. The predicted octanol–water partition coefficient (Wildman–Crippen LogP) is 2.41. The highest BCUT2D eigenvalue weighted by molar-refractivity contribution is 6.00. The van der Waals surface area contributed by atoms with Crippen LogP contribution in [0.1, 0.15) is 28.2 Å². The third kappa shape index (κ3) is 2.21. The molecular formula is C12H18N2O2. The Kier molecular flexibility index (Phi) is 2.90. The molecule has 16 heavy (non-hydrogen) atoms. The van der Waals surface area contributed by atoms with Crippen LogP contribution in [0.3, 0.4) is 0 Å². The summed E-state index contributed by atoms with van der Waals surface area (Å²) in [4.78, 5) is 22.5. The third-order valence-electron chi connectivity index (χ3n) is 2.49. The topological polar surface area (TPSA) is 58.2 Å². The number of hydrogen-bond donors (Lipinski definition) is 2. The Balaban J connectivity index is 0.00000144. The zero-order valence-corrected chi connectivity index (χ0v) is 9.17. The number of fused-ring (bicyclic) bond motifs is 1. The van der Waals surface area contributed by atoms with Gasteiger partial charge < -0.3 is 10.6 Å². The second-order valence-electron chi connectivity index (χ2n) is 3.90. The maximum absolute atomic E-state index is 11.4. The molecule has 0 saturated heterocycles. The highest BCUT2D eigenvalue weighted by atomic mass is 16.2. The predicted molar refractivity (Wildman–Crippen MR) is 66.5 cm³/mol. The van der Waals surface area contributed by atoms with Crippen LogP contribution in [0.2, 0.25) is 0 Å². The molecule has 0 fully saturated rings. The van der Waals surface area contributed by atoms with E-state index in [-0.39, 0.29) is 14.7 Å². The van der Waals surface area contributed by atoms with Crippen LogP contribution in [0, 0.1) is 0 Å². The van der Waals surface area contributed by atoms with Crippen molar-refractivity contribution in [3.63, 3.8) is 0 Å². The van der Waals surface area contributed by atoms with E-state index in [0.29, 0.717) is 12.8 Å². The lowest BCUT2D eigenvalue weighted by Gasteiger charge is -2.06. The summed E-state index contributed by atoms with van der Waals surface area (Å²) in [5, 5.41) is 5.56. The van der Waals surface area contributed by atoms with E-state index in [1.165, 1.54) is 0 Å². The van der Waals surface area contributed by atoms with Crippen LogP contribution in [0.15, 0.2) is 18.2 Å². The first-order valence-electron chi connectivity index (χ1n) is 5.41. The van der Waals surface area contributed by atoms with E-state index < -0.39 is 0 Å². The lowest BCUT2D eigenvalue weighted by atomic mass is 10.1. The normalized spacial score (nSPS) is 13.2. The number of nitrogens with one attached hydrogen (secondary N) is 2. The van der Waals surface area contributed by atoms with Crippen LogP contribution >= 0.6 is 0 Å². The van der Waals surface area contributed by atoms with Crippen LogP contribution in [0.5, 0.6) is 0 Å². The highest BCUT2D eigenvalue weighted by Crippen LogP contribution is 2.25. The van der Waals surface area contributed by atoms with Crippen molar-refractivity contribution in [2.45, 2.75) is 26.2 Å². The molecule has 0 radical (unpaired) electrons. The molecule has 1 heterocycles. The van der Waals surface area contributed by atoms with E-state index >= 15 is 0 Å². The van der Waals surface area contributed by atoms with E-state index in [4.69, 9.17) is 0 Å². The van der Waals surface area contributed by atoms with Crippen molar-refractivity contribution < 1.29 is 12.4 Å². The number of benzene rings is 1. The summed E-state index contributed by atoms with van der Waals surface area (Å²) < 4.78 is 0. The Morgan fingerprint density at radius 3 is 3.12 bits per heavy atom. The second kappa shape index (κ2) is 4.35. The van der Waals surface area contributed by atoms with Crippen molar-refractivity contribution in [2.24, 2.45) is 0 Å². The first-order chi connectivity index (χ1) is 7.69. The smallest absolute Gasteiger partial charge is 0.228 e. The molecule has 1 aromatic carbocycles. The fourth-order valence-corrected chi connectivity index (χ4v) is 1.76. The van der Waals surface area contributed by atoms with Gasteiger partial charge in [-0.15, -0.1) is 0 Å². The monoisotopic (exact) mass is 222 g/mol. The van der Waals surface area contributed by atoms with Crippen LogP contribution in [-0.4, -0.2) is 11.8 Å². The summed E-state index contributed by atoms with van der Waals surface area (Å²) in [5.41, 5.74) is 2.55. The van der Waals surface area contributed by atoms with Crippen molar-refractivity contribution in [1.82, 2.24) is 0 Å². The molecule has 0 aliphatic carbocycles. The van der Waals surface area contributed by atoms with Crippen molar-refractivity contribution in [2.75, 3.05) is 10.6 Å². The molecule has 0 atom stereocenters. The van der Waals surface area contributed by atoms with E-state index in [1.54, 1.807) is 6.07 Å². The highest BCUT2D eigenvalue weighted by Gasteiger charge is 2.17. The molecule has 1 aromatic rings. The van der Waals surface area contributed by atoms with Crippen molar-refractivity contribution in [3.05, 3.63) is 23.8 Å². The van der Waals surface area contributed by atoms with Gasteiger partial charge in [0.25, 0.3) is 0 Å². The number of hydrogen-bond acceptors (Lipinski definition) is 2. The van der Waals surface area contributed by atoms with E-state index in [1.807, 2.05) is 19.1 Å². The summed E-state index contributed by atoms with van der Waals surface area (Å²) in [7, 11) is 0. The maximum Gasteiger partial charge on any atom is 0.228 e. The number of carbonyl (C=O) groups is 2. The Morgan fingerprint density at radius 1 is 1.56 bits per heavy atom. The van der Waals surface area contributed by atoms with Gasteiger partial charge in [-0.3, -0.25) is 9.59 Å². The summed E-state index contributed by atoms with van der Waals surface area (Å²) in [6, 6.07) is 5.47. The lowest BCUT2D eigenvalue weighted by Crippen LogP contribution is -2.10. The van der Waals surface area contributed by atoms with Crippen LogP contribution < -0.4 is 10.6 Å². The van der Waals surface area contributed by atoms with Gasteiger partial charge in [0.1, 0.15) is 0 Å². The molecule has 0 saturated carbocycles. The van der Waals surface area contributed by atoms with Gasteiger partial charge in [-0.05, 0) is 30.2 Å². The van der Waals surface area contributed by atoms with Crippen molar-refractivity contribution >= 4 is 23.2 Å². The van der Waals surface area contributed by atoms with E-state index in [2.05, 4.69) is 10.6 Å². The first-order valence-corrected chi connectivity index (χ1v) is 5.41. The number of anilines is 2. The minimum Gasteiger partial charge on any atom is -0.326 e. The van der Waals surface area contributed by atoms with Gasteiger partial charge in [0.05, 0.1) is 6.42 Å². The Hall–Kier alpha value is -1.84. The summed E-state index contributed by atoms with van der Waals surface area (Å²) in [6.45, 7) is 1.96. The Labute approximate surface area is 97.0 Å². The molecule has 1 aliphatic heterocycles. The van der Waals surface area contributed by atoms with Gasteiger partial charge >= 0.3 is 0 Å². The van der Waals surface area contributed by atoms with Crippen LogP contribution in [-0.2, 0) is 16.0 Å². The fourth-order valence-electron chi connectivity index (χ4n) is 1.76. The quantitative estimate of drug-likeness (QED) is 0.825. The van der Waals surface area contributed by atoms with Gasteiger partial charge in [-0.25, -0.2) is 0 Å². The number of carbonyl (C=O) groups excluding carboxylic acids is 2. The minimum atomic E-state index is 0. The molecular weight excluding hydrogens is 204 g/mol. The largest absolute Gasteiger partial charge is 0.326 e. The standard InChI is InChI=1S/C12H14N2O2.2H2/c1-2-3-11(15)13-9-4-5-10-8(6-9)7-12(16)14-10;;/h4-6H,2-3,7H2,1H3,(H,13,15)(H,14,16);2*1H. The molecule has 4 heteroatoms. The molecule has 88 valence electrons. The van der Waals surface area contributed by atoms with Gasteiger partial charge in [-0.2, -0.15) is 0 Å². The zero-order valence-electron chi connectivity index (χ0n) is 9.17. The Bertz CT molecular complexity index is 450. The molecule has 0 aromatic heterocycles. The van der Waals surface area contributed by atoms with Gasteiger partial charge in [0.2, 0.25) is 11.8 Å². The van der Waals surface area contributed by atoms with E-state index in [0.717, 1.165) is 23.4 Å². The first kappa shape index (κ1) is 10.7. The molecule has 2 amide bonds. The SMILES string of the molecule is CCCC(=O)Nc1ccc2c(c1)CC(=O)N2.[HH].[HH]. The zero-order chi connectivity index (χ0) is 11.5. The van der Waals surface area contributed by atoms with Crippen molar-refractivity contribution in [3.8, 4) is 0 Å². The average molecular weight is 222 g/mol. The third-order valence-corrected chi connectivity index (χ3v) is 2.49. The van der Waals surface area contributed by atoms with Crippen LogP contribution in [0.25, 0.3) is 0 Å². The number of amides is 2. The fraction of sp³-hybridized carbons (Fsp3) is 0.333. The van der Waals surface area contributed by atoms with Gasteiger partial charge in [0, 0.05) is 20.6 Å². The minimum absolute atomic E-state index is 0. The maximum atomic E-state index is 11.4. The molecule has 0 unspecified atom stereocenters. The molecule has 2 rings (SSSR count). The molecule has 1 aliphatic rings. The van der Waals surface area contributed by atoms with Gasteiger partial charge in [0.15, 0.2) is 0 Å². The van der Waals surface area contributed by atoms with E-state index in [9.17, 15) is 9.59 Å². The average Bonchev–Trinajstić information content (AvgIpc) is 2.57. The second-order valence-corrected chi connectivity index (χ2v) is 3.90. The summed E-state index contributed by atoms with van der Waals surface area (Å²) in [5.74, 6) is 0.0202. The van der Waals surface area contributed by atoms with Gasteiger partial charge in [-0.1, -0.05) is 6.92 Å². The lowest BCUT2D eigenvalue weighted by molar-refractivity contribution is -0.116. The summed E-state index contributed by atoms with van der Waals surface area (Å²) in [6.07, 6.45) is 1.75. The van der Waals surface area contributed by atoms with Crippen molar-refractivity contribution in [1.29, 1.82) is 0 Å². The molecule has 4 nitrogen and oxygen atoms in total. The molecule has 2 N–H and O–H groups in total. The number of rotatable bonds is 3. The van der Waals surface area contributed by atoms with Crippen LogP contribution in [0.4, 0.5) is 11.4 Å². The summed E-state index contributed by atoms with van der Waals surface area (Å²) >= 11 is 0. The molecule has 0 spiro atoms. The molecule has 0 bridgehead atoms.